The summed E-state index contributed by atoms with van der Waals surface area (Å²) in [5.41, 5.74) is 1.10. The molecule has 0 saturated heterocycles. The number of rotatable bonds is 0. The van der Waals surface area contributed by atoms with Crippen LogP contribution in [0.4, 0.5) is 0 Å². The van der Waals surface area contributed by atoms with Gasteiger partial charge in [-0.15, -0.1) is 11.3 Å². The van der Waals surface area contributed by atoms with E-state index in [1.165, 1.54) is 3.57 Å². The molecule has 0 aliphatic rings. The lowest BCUT2D eigenvalue weighted by Gasteiger charge is -1.92. The molecule has 2 heteroatoms. The van der Waals surface area contributed by atoms with E-state index in [4.69, 9.17) is 0 Å². The maximum absolute atomic E-state index is 3.17. The van der Waals surface area contributed by atoms with E-state index in [9.17, 15) is 0 Å². The van der Waals surface area contributed by atoms with E-state index in [1.807, 2.05) is 35.7 Å². The number of hydrogen-bond donors (Lipinski definition) is 0. The van der Waals surface area contributed by atoms with Gasteiger partial charge in [0.2, 0.25) is 0 Å². The van der Waals surface area contributed by atoms with Gasteiger partial charge >= 0.3 is 0 Å². The van der Waals surface area contributed by atoms with Crippen molar-refractivity contribution in [3.63, 3.8) is 0 Å². The van der Waals surface area contributed by atoms with Gasteiger partial charge < -0.3 is 0 Å². The molecule has 0 radical (unpaired) electrons. The lowest BCUT2D eigenvalue weighted by Crippen LogP contribution is -1.78. The largest absolute Gasteiger partial charge is 0.135 e. The Morgan fingerprint density at radius 2 is 1.86 bits per heavy atom. The summed E-state index contributed by atoms with van der Waals surface area (Å²) in [5.74, 6) is 6.31. The number of benzene rings is 1. The normalized spacial score (nSPS) is 9.21. The molecule has 0 atom stereocenters. The van der Waals surface area contributed by atoms with Crippen LogP contribution in [0.2, 0.25) is 0 Å². The quantitative estimate of drug-likeness (QED) is 0.513. The van der Waals surface area contributed by atoms with Crippen LogP contribution in [0.3, 0.4) is 0 Å². The van der Waals surface area contributed by atoms with Gasteiger partial charge in [-0.1, -0.05) is 30.0 Å². The third-order valence-electron chi connectivity index (χ3n) is 1.72. The molecule has 0 amide bonds. The molecule has 0 nitrogen and oxygen atoms in total. The molecule has 2 rings (SSSR count). The number of halogens is 1. The van der Waals surface area contributed by atoms with Crippen molar-refractivity contribution in [3.8, 4) is 11.8 Å². The van der Waals surface area contributed by atoms with Gasteiger partial charge in [0.25, 0.3) is 0 Å². The molecule has 0 spiro atoms. The fourth-order valence-electron chi connectivity index (χ4n) is 1.04. The SMILES string of the molecule is Ic1ccccc1C#Cc1cccs1. The van der Waals surface area contributed by atoms with Crippen molar-refractivity contribution >= 4 is 33.9 Å². The molecule has 0 aliphatic heterocycles. The molecule has 0 bridgehead atoms. The third-order valence-corrected chi connectivity index (χ3v) is 3.44. The lowest BCUT2D eigenvalue weighted by atomic mass is 10.2. The Kier molecular flexibility index (Phi) is 3.22. The van der Waals surface area contributed by atoms with Gasteiger partial charge in [-0.2, -0.15) is 0 Å². The van der Waals surface area contributed by atoms with Gasteiger partial charge in [-0.25, -0.2) is 0 Å². The lowest BCUT2D eigenvalue weighted by molar-refractivity contribution is 1.58. The molecule has 0 N–H and O–H groups in total. The van der Waals surface area contributed by atoms with E-state index in [0.717, 1.165) is 10.4 Å². The van der Waals surface area contributed by atoms with Crippen molar-refractivity contribution in [3.05, 3.63) is 55.8 Å². The van der Waals surface area contributed by atoms with E-state index in [2.05, 4.69) is 40.5 Å². The summed E-state index contributed by atoms with van der Waals surface area (Å²) in [7, 11) is 0. The van der Waals surface area contributed by atoms with Crippen LogP contribution in [0, 0.1) is 15.4 Å². The van der Waals surface area contributed by atoms with Crippen molar-refractivity contribution in [2.45, 2.75) is 0 Å². The molecule has 0 aliphatic carbocycles. The number of hydrogen-bond acceptors (Lipinski definition) is 1. The van der Waals surface area contributed by atoms with Gasteiger partial charge in [0.05, 0.1) is 4.88 Å². The first-order chi connectivity index (χ1) is 6.86. The molecule has 14 heavy (non-hydrogen) atoms. The van der Waals surface area contributed by atoms with Crippen molar-refractivity contribution in [2.75, 3.05) is 0 Å². The highest BCUT2D eigenvalue weighted by Gasteiger charge is 1.92. The van der Waals surface area contributed by atoms with Gasteiger partial charge in [0.1, 0.15) is 0 Å². The Bertz CT molecular complexity index is 475. The summed E-state index contributed by atoms with van der Waals surface area (Å²) < 4.78 is 1.20. The molecular formula is C12H7IS. The fraction of sp³-hybridized carbons (Fsp3) is 0. The third kappa shape index (κ3) is 2.37. The van der Waals surface area contributed by atoms with Crippen LogP contribution in [-0.4, -0.2) is 0 Å². The van der Waals surface area contributed by atoms with E-state index in [1.54, 1.807) is 11.3 Å². The second-order valence-electron chi connectivity index (χ2n) is 2.71. The minimum Gasteiger partial charge on any atom is -0.135 e. The van der Waals surface area contributed by atoms with Crippen LogP contribution in [-0.2, 0) is 0 Å². The fourth-order valence-corrected chi connectivity index (χ4v) is 2.13. The molecule has 0 saturated carbocycles. The van der Waals surface area contributed by atoms with Crippen LogP contribution in [0.15, 0.2) is 41.8 Å². The zero-order chi connectivity index (χ0) is 9.80. The van der Waals surface area contributed by atoms with Crippen LogP contribution >= 0.6 is 33.9 Å². The Hall–Kier alpha value is -0.790. The van der Waals surface area contributed by atoms with Crippen LogP contribution in [0.1, 0.15) is 10.4 Å². The van der Waals surface area contributed by atoms with E-state index >= 15 is 0 Å². The minimum atomic E-state index is 1.10. The van der Waals surface area contributed by atoms with Crippen molar-refractivity contribution in [1.82, 2.24) is 0 Å². The van der Waals surface area contributed by atoms with Crippen molar-refractivity contribution in [1.29, 1.82) is 0 Å². The predicted octanol–water partition coefficient (Wildman–Crippen LogP) is 3.75. The maximum Gasteiger partial charge on any atom is 0.0772 e. The summed E-state index contributed by atoms with van der Waals surface area (Å²) in [5, 5.41) is 2.04. The van der Waals surface area contributed by atoms with Crippen LogP contribution < -0.4 is 0 Å². The highest BCUT2D eigenvalue weighted by Crippen LogP contribution is 2.11. The topological polar surface area (TPSA) is 0 Å². The van der Waals surface area contributed by atoms with Gasteiger partial charge in [0, 0.05) is 9.13 Å². The molecule has 0 fully saturated rings. The summed E-state index contributed by atoms with van der Waals surface area (Å²) in [6.45, 7) is 0. The zero-order valence-electron chi connectivity index (χ0n) is 7.33. The first-order valence-corrected chi connectivity index (χ1v) is 6.12. The molecule has 0 unspecified atom stereocenters. The zero-order valence-corrected chi connectivity index (χ0v) is 10.3. The second-order valence-corrected chi connectivity index (χ2v) is 4.82. The summed E-state index contributed by atoms with van der Waals surface area (Å²) in [4.78, 5) is 1.12. The Morgan fingerprint density at radius 1 is 1.00 bits per heavy atom. The first-order valence-electron chi connectivity index (χ1n) is 4.16. The van der Waals surface area contributed by atoms with Gasteiger partial charge in [-0.3, -0.25) is 0 Å². The monoisotopic (exact) mass is 310 g/mol. The average molecular weight is 310 g/mol. The van der Waals surface area contributed by atoms with E-state index < -0.39 is 0 Å². The Morgan fingerprint density at radius 3 is 2.57 bits per heavy atom. The first kappa shape index (κ1) is 9.75. The highest BCUT2D eigenvalue weighted by molar-refractivity contribution is 14.1. The Labute approximate surface area is 101 Å². The minimum absolute atomic E-state index is 1.10. The van der Waals surface area contributed by atoms with Gasteiger partial charge in [0.15, 0.2) is 0 Å². The Balaban J connectivity index is 2.31. The summed E-state index contributed by atoms with van der Waals surface area (Å²) in [6.07, 6.45) is 0. The molecule has 1 heterocycles. The standard InChI is InChI=1S/C12H7IS/c13-12-6-2-1-4-10(12)7-8-11-5-3-9-14-11/h1-6,9H. The molecule has 1 aromatic carbocycles. The molecule has 68 valence electrons. The second kappa shape index (κ2) is 4.63. The van der Waals surface area contributed by atoms with Gasteiger partial charge in [-0.05, 0) is 46.2 Å². The van der Waals surface area contributed by atoms with Crippen molar-refractivity contribution < 1.29 is 0 Å². The van der Waals surface area contributed by atoms with E-state index in [-0.39, 0.29) is 0 Å². The maximum atomic E-state index is 3.17. The molecular weight excluding hydrogens is 303 g/mol. The summed E-state index contributed by atoms with van der Waals surface area (Å²) >= 11 is 3.97. The van der Waals surface area contributed by atoms with E-state index in [0.29, 0.717) is 0 Å². The summed E-state index contributed by atoms with van der Waals surface area (Å²) in [6, 6.07) is 12.2. The highest BCUT2D eigenvalue weighted by atomic mass is 127. The van der Waals surface area contributed by atoms with Crippen molar-refractivity contribution in [2.24, 2.45) is 0 Å². The smallest absolute Gasteiger partial charge is 0.0772 e. The number of thiophene rings is 1. The predicted molar refractivity (Wildman–Crippen MR) is 69.5 cm³/mol. The van der Waals surface area contributed by atoms with Crippen LogP contribution in [0.5, 0.6) is 0 Å². The molecule has 1 aromatic heterocycles. The van der Waals surface area contributed by atoms with Crippen LogP contribution in [0.25, 0.3) is 0 Å². The average Bonchev–Trinajstić information content (AvgIpc) is 2.69. The molecule has 2 aromatic rings.